The first-order chi connectivity index (χ1) is 20.5. The van der Waals surface area contributed by atoms with Gasteiger partial charge in [-0.25, -0.2) is 4.98 Å². The van der Waals surface area contributed by atoms with Crippen molar-refractivity contribution < 1.29 is 40.5 Å². The zero-order chi connectivity index (χ0) is 32.3. The summed E-state index contributed by atoms with van der Waals surface area (Å²) < 4.78 is 72.5. The number of carbonyl (C=O) groups is 2. The van der Waals surface area contributed by atoms with Crippen molar-refractivity contribution >= 4 is 38.9 Å². The van der Waals surface area contributed by atoms with Crippen molar-refractivity contribution in [2.24, 2.45) is 0 Å². The number of hydrogen-bond acceptors (Lipinski definition) is 6. The Morgan fingerprint density at radius 1 is 1.00 bits per heavy atom. The Morgan fingerprint density at radius 3 is 2.25 bits per heavy atom. The van der Waals surface area contributed by atoms with E-state index in [2.05, 4.69) is 46.1 Å². The average Bonchev–Trinajstić information content (AvgIpc) is 3.31. The lowest BCUT2D eigenvalue weighted by atomic mass is 9.84. The number of rotatable bonds is 10. The Morgan fingerprint density at radius 2 is 1.66 bits per heavy atom. The molecular weight excluding hydrogens is 601 g/mol. The van der Waals surface area contributed by atoms with E-state index in [0.717, 1.165) is 23.3 Å². The fraction of sp³-hybridized carbons (Fsp3) is 0.300. The molecular formula is C30H31F3N4O6S. The van der Waals surface area contributed by atoms with Crippen LogP contribution in [0, 0.1) is 0 Å². The van der Waals surface area contributed by atoms with Gasteiger partial charge in [-0.05, 0) is 52.8 Å². The van der Waals surface area contributed by atoms with Crippen molar-refractivity contribution in [1.29, 1.82) is 0 Å². The molecule has 10 nitrogen and oxygen atoms in total. The van der Waals surface area contributed by atoms with Crippen LogP contribution in [-0.2, 0) is 26.7 Å². The van der Waals surface area contributed by atoms with Crippen LogP contribution in [0.4, 0.5) is 19.1 Å². The number of aromatic nitrogens is 2. The van der Waals surface area contributed by atoms with Crippen molar-refractivity contribution in [3.63, 3.8) is 0 Å². The summed E-state index contributed by atoms with van der Waals surface area (Å²) >= 11 is 0. The molecule has 0 aliphatic rings. The molecule has 1 heterocycles. The second-order valence-electron chi connectivity index (χ2n) is 11.2. The van der Waals surface area contributed by atoms with Gasteiger partial charge in [0.05, 0.1) is 22.7 Å². The molecule has 0 bridgehead atoms. The van der Waals surface area contributed by atoms with E-state index < -0.39 is 45.7 Å². The summed E-state index contributed by atoms with van der Waals surface area (Å²) in [5.74, 6) is -2.67. The summed E-state index contributed by atoms with van der Waals surface area (Å²) in [7, 11) is -4.21. The summed E-state index contributed by atoms with van der Waals surface area (Å²) in [5.41, 5.74) is 3.20. The predicted octanol–water partition coefficient (Wildman–Crippen LogP) is 5.34. The third-order valence-corrected chi connectivity index (χ3v) is 7.45. The molecule has 4 rings (SSSR count). The molecule has 1 aromatic heterocycles. The maximum absolute atomic E-state index is 13.6. The average molecular weight is 633 g/mol. The number of alkyl halides is 3. The monoisotopic (exact) mass is 632 g/mol. The molecule has 0 fully saturated rings. The van der Waals surface area contributed by atoms with Gasteiger partial charge in [0, 0.05) is 18.2 Å². The van der Waals surface area contributed by atoms with Crippen LogP contribution in [0.3, 0.4) is 0 Å². The number of H-pyrrole nitrogens is 1. The zero-order valence-electron chi connectivity index (χ0n) is 24.0. The fourth-order valence-electron chi connectivity index (χ4n) is 4.45. The Labute approximate surface area is 251 Å². The number of nitrogens with one attached hydrogen (secondary N) is 3. The number of fused-ring (bicyclic) bond motifs is 1. The predicted molar refractivity (Wildman–Crippen MR) is 158 cm³/mol. The molecule has 0 spiro atoms. The van der Waals surface area contributed by atoms with Crippen molar-refractivity contribution in [3.05, 3.63) is 89.0 Å². The largest absolute Gasteiger partial charge is 0.573 e. The standard InChI is InChI=1S/C30H31F3N4O6S/c1-29(2,3)21-10-8-19(9-11-21)23(16-18-4-6-20(7-5-18)26(38)34-14-15-44(40,41)42)27(39)37-28-35-24-13-12-22(17-25(24)36-28)43-30(31,32)33/h4-13,17,23H,14-16H2,1-3H3,(H,34,38)(H,40,41,42)(H2,35,36,37,39). The first-order valence-corrected chi connectivity index (χ1v) is 15.1. The number of anilines is 1. The number of ether oxygens (including phenoxy) is 1. The van der Waals surface area contributed by atoms with E-state index in [0.29, 0.717) is 11.1 Å². The van der Waals surface area contributed by atoms with Crippen LogP contribution in [0.5, 0.6) is 5.75 Å². The van der Waals surface area contributed by atoms with Gasteiger partial charge in [-0.3, -0.25) is 19.5 Å². The van der Waals surface area contributed by atoms with Crippen LogP contribution >= 0.6 is 0 Å². The van der Waals surface area contributed by atoms with Gasteiger partial charge in [0.15, 0.2) is 0 Å². The molecule has 44 heavy (non-hydrogen) atoms. The van der Waals surface area contributed by atoms with Gasteiger partial charge in [-0.15, -0.1) is 13.2 Å². The number of halogens is 3. The zero-order valence-corrected chi connectivity index (χ0v) is 24.8. The maximum Gasteiger partial charge on any atom is 0.573 e. The molecule has 4 N–H and O–H groups in total. The van der Waals surface area contributed by atoms with E-state index in [9.17, 15) is 31.2 Å². The molecule has 0 aliphatic carbocycles. The highest BCUT2D eigenvalue weighted by atomic mass is 32.2. The molecule has 3 aromatic carbocycles. The molecule has 2 amide bonds. The Bertz CT molecular complexity index is 1750. The van der Waals surface area contributed by atoms with Gasteiger partial charge in [0.25, 0.3) is 16.0 Å². The summed E-state index contributed by atoms with van der Waals surface area (Å²) in [5, 5.41) is 5.14. The van der Waals surface area contributed by atoms with Crippen LogP contribution in [-0.4, -0.2) is 53.4 Å². The van der Waals surface area contributed by atoms with Gasteiger partial charge >= 0.3 is 6.36 Å². The van der Waals surface area contributed by atoms with E-state index in [4.69, 9.17) is 4.55 Å². The maximum atomic E-state index is 13.6. The highest BCUT2D eigenvalue weighted by molar-refractivity contribution is 7.85. The summed E-state index contributed by atoms with van der Waals surface area (Å²) in [4.78, 5) is 33.1. The molecule has 0 saturated heterocycles. The minimum Gasteiger partial charge on any atom is -0.406 e. The SMILES string of the molecule is CC(C)(C)c1ccc(C(Cc2ccc(C(=O)NCCS(=O)(=O)O)cc2)C(=O)Nc2nc3ccc(OC(F)(F)F)cc3[nH]2)cc1. The van der Waals surface area contributed by atoms with Crippen molar-refractivity contribution in [2.45, 2.75) is 44.9 Å². The lowest BCUT2D eigenvalue weighted by molar-refractivity contribution is -0.274. The third-order valence-electron chi connectivity index (χ3n) is 6.73. The third kappa shape index (κ3) is 9.04. The normalized spacial score (nSPS) is 13.0. The molecule has 1 unspecified atom stereocenters. The molecule has 0 radical (unpaired) electrons. The lowest BCUT2D eigenvalue weighted by Crippen LogP contribution is -2.28. The second-order valence-corrected chi connectivity index (χ2v) is 12.7. The highest BCUT2D eigenvalue weighted by Crippen LogP contribution is 2.29. The smallest absolute Gasteiger partial charge is 0.406 e. The topological polar surface area (TPSA) is 150 Å². The molecule has 234 valence electrons. The number of hydrogen-bond donors (Lipinski definition) is 4. The molecule has 1 atom stereocenters. The number of carbonyl (C=O) groups excluding carboxylic acids is 2. The first kappa shape index (κ1) is 32.5. The van der Waals surface area contributed by atoms with Gasteiger partial charge in [-0.2, -0.15) is 8.42 Å². The summed E-state index contributed by atoms with van der Waals surface area (Å²) in [6.07, 6.45) is -4.62. The summed E-state index contributed by atoms with van der Waals surface area (Å²) in [6, 6.07) is 17.6. The van der Waals surface area contributed by atoms with Crippen molar-refractivity contribution in [1.82, 2.24) is 15.3 Å². The van der Waals surface area contributed by atoms with E-state index in [1.165, 1.54) is 18.2 Å². The van der Waals surface area contributed by atoms with E-state index in [1.54, 1.807) is 12.1 Å². The van der Waals surface area contributed by atoms with E-state index in [-0.39, 0.29) is 35.4 Å². The number of imidazole rings is 1. The van der Waals surface area contributed by atoms with E-state index >= 15 is 0 Å². The van der Waals surface area contributed by atoms with Crippen LogP contribution in [0.25, 0.3) is 11.0 Å². The van der Waals surface area contributed by atoms with E-state index in [1.807, 2.05) is 24.3 Å². The van der Waals surface area contributed by atoms with Crippen LogP contribution in [0.2, 0.25) is 0 Å². The fourth-order valence-corrected chi connectivity index (χ4v) is 4.81. The number of aromatic amines is 1. The molecule has 0 aliphatic heterocycles. The van der Waals surface area contributed by atoms with Crippen molar-refractivity contribution in [2.75, 3.05) is 17.6 Å². The van der Waals surface area contributed by atoms with Gasteiger partial charge in [-0.1, -0.05) is 57.2 Å². The Hall–Kier alpha value is -4.43. The number of amides is 2. The number of benzene rings is 3. The Balaban J connectivity index is 1.55. The molecule has 14 heteroatoms. The van der Waals surface area contributed by atoms with Crippen molar-refractivity contribution in [3.8, 4) is 5.75 Å². The number of nitrogens with zero attached hydrogens (tertiary/aromatic N) is 1. The minimum atomic E-state index is -4.86. The lowest BCUT2D eigenvalue weighted by Gasteiger charge is -2.21. The van der Waals surface area contributed by atoms with Gasteiger partial charge < -0.3 is 15.0 Å². The first-order valence-electron chi connectivity index (χ1n) is 13.5. The van der Waals surface area contributed by atoms with Gasteiger partial charge in [0.1, 0.15) is 5.75 Å². The highest BCUT2D eigenvalue weighted by Gasteiger charge is 2.31. The van der Waals surface area contributed by atoms with Gasteiger partial charge in [0.2, 0.25) is 11.9 Å². The van der Waals surface area contributed by atoms with Crippen LogP contribution < -0.4 is 15.4 Å². The van der Waals surface area contributed by atoms with Crippen LogP contribution in [0.15, 0.2) is 66.7 Å². The molecule has 0 saturated carbocycles. The summed E-state index contributed by atoms with van der Waals surface area (Å²) in [6.45, 7) is 5.95. The van der Waals surface area contributed by atoms with Crippen LogP contribution in [0.1, 0.15) is 53.7 Å². The minimum absolute atomic E-state index is 0.0439. The molecule has 4 aromatic rings. The Kier molecular flexibility index (Phi) is 9.35. The quantitative estimate of drug-likeness (QED) is 0.172. The second kappa shape index (κ2) is 12.7.